The second-order valence-electron chi connectivity index (χ2n) is 6.58. The zero-order chi connectivity index (χ0) is 15.9. The molecule has 0 bridgehead atoms. The van der Waals surface area contributed by atoms with Crippen LogP contribution < -0.4 is 11.1 Å². The van der Waals surface area contributed by atoms with Gasteiger partial charge in [0.1, 0.15) is 0 Å². The summed E-state index contributed by atoms with van der Waals surface area (Å²) in [6.07, 6.45) is 3.24. The van der Waals surface area contributed by atoms with Gasteiger partial charge < -0.3 is 11.1 Å². The molecule has 126 valence electrons. The van der Waals surface area contributed by atoms with Gasteiger partial charge in [-0.3, -0.25) is 4.79 Å². The molecule has 4 heteroatoms. The molecule has 0 radical (unpaired) electrons. The highest BCUT2D eigenvalue weighted by atomic mass is 35.5. The van der Waals surface area contributed by atoms with Crippen molar-refractivity contribution in [3.8, 4) is 0 Å². The van der Waals surface area contributed by atoms with Crippen LogP contribution in [0.15, 0.2) is 24.3 Å². The van der Waals surface area contributed by atoms with Crippen LogP contribution in [0, 0.1) is 5.92 Å². The number of carbonyl (C=O) groups excluding carboxylic acids is 1. The molecular weight excluding hydrogens is 296 g/mol. The molecule has 1 amide bonds. The Morgan fingerprint density at radius 3 is 2.23 bits per heavy atom. The molecule has 0 aliphatic heterocycles. The van der Waals surface area contributed by atoms with E-state index in [0.29, 0.717) is 18.9 Å². The molecule has 22 heavy (non-hydrogen) atoms. The van der Waals surface area contributed by atoms with Crippen LogP contribution in [0.3, 0.4) is 0 Å². The molecule has 0 saturated carbocycles. The number of nitrogens with two attached hydrogens (primary N) is 1. The summed E-state index contributed by atoms with van der Waals surface area (Å²) in [6, 6.07) is 8.50. The van der Waals surface area contributed by atoms with Gasteiger partial charge in [0.2, 0.25) is 5.91 Å². The predicted molar refractivity (Wildman–Crippen MR) is 96.4 cm³/mol. The molecule has 1 rings (SSSR count). The quantitative estimate of drug-likeness (QED) is 0.768. The normalized spacial score (nSPS) is 13.4. The number of rotatable bonds is 8. The molecule has 1 aromatic rings. The van der Waals surface area contributed by atoms with E-state index in [9.17, 15) is 4.79 Å². The average molecular weight is 327 g/mol. The summed E-state index contributed by atoms with van der Waals surface area (Å²) in [5, 5.41) is 3.10. The number of nitrogens with one attached hydrogen (secondary N) is 1. The monoisotopic (exact) mass is 326 g/mol. The van der Waals surface area contributed by atoms with Crippen molar-refractivity contribution < 1.29 is 4.79 Å². The predicted octanol–water partition coefficient (Wildman–Crippen LogP) is 3.48. The second kappa shape index (κ2) is 9.86. The van der Waals surface area contributed by atoms with Crippen molar-refractivity contribution in [3.63, 3.8) is 0 Å². The summed E-state index contributed by atoms with van der Waals surface area (Å²) in [4.78, 5) is 12.1. The van der Waals surface area contributed by atoms with E-state index in [4.69, 9.17) is 5.73 Å². The standard InChI is InChI=1S/C18H30N2O.ClH/c1-5-15-6-8-16(9-7-15)10-11-17(21)20-18(4,13-19)12-14(2)3;/h6-9,14H,5,10-13,19H2,1-4H3,(H,20,21);1H. The van der Waals surface area contributed by atoms with E-state index in [0.717, 1.165) is 19.3 Å². The lowest BCUT2D eigenvalue weighted by Gasteiger charge is -2.31. The van der Waals surface area contributed by atoms with Crippen molar-refractivity contribution >= 4 is 18.3 Å². The average Bonchev–Trinajstić information content (AvgIpc) is 2.44. The Labute approximate surface area is 141 Å². The minimum absolute atomic E-state index is 0. The lowest BCUT2D eigenvalue weighted by atomic mass is 9.90. The van der Waals surface area contributed by atoms with Crippen molar-refractivity contribution in [1.82, 2.24) is 5.32 Å². The number of benzene rings is 1. The number of hydrogen-bond acceptors (Lipinski definition) is 2. The largest absolute Gasteiger partial charge is 0.350 e. The lowest BCUT2D eigenvalue weighted by Crippen LogP contribution is -2.52. The first-order valence-electron chi connectivity index (χ1n) is 7.97. The van der Waals surface area contributed by atoms with Crippen LogP contribution in [0.5, 0.6) is 0 Å². The van der Waals surface area contributed by atoms with E-state index in [1.165, 1.54) is 11.1 Å². The van der Waals surface area contributed by atoms with E-state index in [1.54, 1.807) is 0 Å². The van der Waals surface area contributed by atoms with Gasteiger partial charge in [-0.25, -0.2) is 0 Å². The summed E-state index contributed by atoms with van der Waals surface area (Å²) < 4.78 is 0. The summed E-state index contributed by atoms with van der Waals surface area (Å²) in [6.45, 7) is 8.94. The van der Waals surface area contributed by atoms with E-state index in [-0.39, 0.29) is 23.9 Å². The zero-order valence-corrected chi connectivity index (χ0v) is 15.1. The third-order valence-electron chi connectivity index (χ3n) is 3.82. The lowest BCUT2D eigenvalue weighted by molar-refractivity contribution is -0.122. The Morgan fingerprint density at radius 1 is 1.23 bits per heavy atom. The van der Waals surface area contributed by atoms with Crippen LogP contribution in [0.2, 0.25) is 0 Å². The Balaban J connectivity index is 0.00000441. The van der Waals surface area contributed by atoms with Crippen molar-refractivity contribution in [1.29, 1.82) is 0 Å². The van der Waals surface area contributed by atoms with Gasteiger partial charge in [-0.05, 0) is 43.2 Å². The molecule has 1 aromatic carbocycles. The summed E-state index contributed by atoms with van der Waals surface area (Å²) in [5.74, 6) is 0.601. The molecule has 0 saturated heterocycles. The molecule has 0 aliphatic carbocycles. The van der Waals surface area contributed by atoms with Gasteiger partial charge in [-0.2, -0.15) is 0 Å². The van der Waals surface area contributed by atoms with Crippen LogP contribution in [0.4, 0.5) is 0 Å². The number of amides is 1. The van der Waals surface area contributed by atoms with Gasteiger partial charge >= 0.3 is 0 Å². The molecule has 1 unspecified atom stereocenters. The Hall–Kier alpha value is -1.06. The van der Waals surface area contributed by atoms with Gasteiger partial charge in [0.25, 0.3) is 0 Å². The first-order valence-corrected chi connectivity index (χ1v) is 7.97. The molecule has 0 fully saturated rings. The fourth-order valence-corrected chi connectivity index (χ4v) is 2.69. The highest BCUT2D eigenvalue weighted by Crippen LogP contribution is 2.16. The molecule has 0 aliphatic rings. The smallest absolute Gasteiger partial charge is 0.220 e. The molecule has 1 atom stereocenters. The topological polar surface area (TPSA) is 55.1 Å². The Kier molecular flexibility index (Phi) is 9.38. The molecule has 0 aromatic heterocycles. The highest BCUT2D eigenvalue weighted by molar-refractivity contribution is 5.85. The summed E-state index contributed by atoms with van der Waals surface area (Å²) >= 11 is 0. The third kappa shape index (κ3) is 7.28. The van der Waals surface area contributed by atoms with Crippen LogP contribution in [-0.2, 0) is 17.6 Å². The maximum absolute atomic E-state index is 12.1. The van der Waals surface area contributed by atoms with Crippen molar-refractivity contribution in [2.24, 2.45) is 11.7 Å². The van der Waals surface area contributed by atoms with Gasteiger partial charge in [0.05, 0.1) is 0 Å². The molecule has 0 heterocycles. The molecular formula is C18H31ClN2O. The molecule has 3 N–H and O–H groups in total. The van der Waals surface area contributed by atoms with Crippen LogP contribution in [0.1, 0.15) is 51.7 Å². The van der Waals surface area contributed by atoms with Crippen molar-refractivity contribution in [3.05, 3.63) is 35.4 Å². The number of hydrogen-bond donors (Lipinski definition) is 2. The van der Waals surface area contributed by atoms with E-state index in [1.807, 2.05) is 6.92 Å². The number of halogens is 1. The number of carbonyl (C=O) groups is 1. The molecule has 3 nitrogen and oxygen atoms in total. The van der Waals surface area contributed by atoms with Gasteiger partial charge in [0, 0.05) is 18.5 Å². The Bertz CT molecular complexity index is 445. The maximum Gasteiger partial charge on any atom is 0.220 e. The van der Waals surface area contributed by atoms with E-state index < -0.39 is 0 Å². The van der Waals surface area contributed by atoms with Crippen molar-refractivity contribution in [2.75, 3.05) is 6.54 Å². The first kappa shape index (κ1) is 20.9. The summed E-state index contributed by atoms with van der Waals surface area (Å²) in [7, 11) is 0. The van der Waals surface area contributed by atoms with Gasteiger partial charge in [-0.1, -0.05) is 45.0 Å². The fraction of sp³-hybridized carbons (Fsp3) is 0.611. The number of aryl methyl sites for hydroxylation is 2. The van der Waals surface area contributed by atoms with Crippen LogP contribution in [0.25, 0.3) is 0 Å². The minimum atomic E-state index is -0.294. The third-order valence-corrected chi connectivity index (χ3v) is 3.82. The minimum Gasteiger partial charge on any atom is -0.350 e. The second-order valence-corrected chi connectivity index (χ2v) is 6.58. The molecule has 0 spiro atoms. The summed E-state index contributed by atoms with van der Waals surface area (Å²) in [5.41, 5.74) is 8.07. The zero-order valence-electron chi connectivity index (χ0n) is 14.3. The fourth-order valence-electron chi connectivity index (χ4n) is 2.69. The van der Waals surface area contributed by atoms with Gasteiger partial charge in [0.15, 0.2) is 0 Å². The first-order chi connectivity index (χ1) is 9.88. The maximum atomic E-state index is 12.1. The van der Waals surface area contributed by atoms with Crippen LogP contribution in [-0.4, -0.2) is 18.0 Å². The SMILES string of the molecule is CCc1ccc(CCC(=O)NC(C)(CN)CC(C)C)cc1.Cl. The van der Waals surface area contributed by atoms with E-state index in [2.05, 4.69) is 50.4 Å². The Morgan fingerprint density at radius 2 is 1.77 bits per heavy atom. The van der Waals surface area contributed by atoms with Gasteiger partial charge in [-0.15, -0.1) is 12.4 Å². The van der Waals surface area contributed by atoms with Crippen molar-refractivity contribution in [2.45, 2.75) is 58.9 Å². The highest BCUT2D eigenvalue weighted by Gasteiger charge is 2.25. The van der Waals surface area contributed by atoms with Crippen LogP contribution >= 0.6 is 12.4 Å². The van der Waals surface area contributed by atoms with E-state index >= 15 is 0 Å².